The van der Waals surface area contributed by atoms with Gasteiger partial charge in [-0.1, -0.05) is 57.3 Å². The number of carbonyl (C=O) groups is 2. The summed E-state index contributed by atoms with van der Waals surface area (Å²) in [6, 6.07) is -0.681. The zero-order valence-electron chi connectivity index (χ0n) is 19.8. The number of hydrogen-bond acceptors (Lipinski definition) is 6. The van der Waals surface area contributed by atoms with Crippen molar-refractivity contribution in [2.75, 3.05) is 7.11 Å². The van der Waals surface area contributed by atoms with E-state index in [-0.39, 0.29) is 12.3 Å². The van der Waals surface area contributed by atoms with E-state index < -0.39 is 46.7 Å². The maximum Gasteiger partial charge on any atom is 0.244 e. The van der Waals surface area contributed by atoms with Crippen LogP contribution in [0.15, 0.2) is 23.8 Å². The lowest BCUT2D eigenvalue weighted by Gasteiger charge is -2.44. The predicted molar refractivity (Wildman–Crippen MR) is 128 cm³/mol. The monoisotopic (exact) mass is 505 g/mol. The van der Waals surface area contributed by atoms with Gasteiger partial charge in [0.15, 0.2) is 12.1 Å². The second kappa shape index (κ2) is 12.7. The lowest BCUT2D eigenvalue weighted by molar-refractivity contribution is -0.231. The first kappa shape index (κ1) is 28.3. The summed E-state index contributed by atoms with van der Waals surface area (Å²) in [5.41, 5.74) is -0.639. The van der Waals surface area contributed by atoms with Gasteiger partial charge in [0.05, 0.1) is 6.04 Å². The fourth-order valence-electron chi connectivity index (χ4n) is 4.55. The van der Waals surface area contributed by atoms with E-state index in [4.69, 9.17) is 32.7 Å². The van der Waals surface area contributed by atoms with E-state index in [1.54, 1.807) is 6.08 Å². The number of rotatable bonds is 10. The first-order chi connectivity index (χ1) is 15.6. The smallest absolute Gasteiger partial charge is 0.244 e. The van der Waals surface area contributed by atoms with Gasteiger partial charge in [-0.05, 0) is 19.3 Å². The van der Waals surface area contributed by atoms with Crippen LogP contribution in [0.3, 0.4) is 0 Å². The highest BCUT2D eigenvalue weighted by Gasteiger charge is 2.64. The molecule has 0 aromatic rings. The zero-order chi connectivity index (χ0) is 24.8. The number of unbranched alkanes of at least 4 members (excludes halogenated alkanes) is 3. The average molecular weight is 506 g/mol. The number of ether oxygens (including phenoxy) is 2. The number of nitrogens with one attached hydrogen (secondary N) is 1. The largest absolute Gasteiger partial charge is 0.388 e. The molecule has 2 fully saturated rings. The predicted octanol–water partition coefficient (Wildman–Crippen LogP) is 3.23. The van der Waals surface area contributed by atoms with E-state index >= 15 is 0 Å². The summed E-state index contributed by atoms with van der Waals surface area (Å²) in [5.74, 6) is -0.606. The molecule has 0 bridgehead atoms. The normalized spacial score (nSPS) is 36.0. The van der Waals surface area contributed by atoms with Crippen molar-refractivity contribution < 1.29 is 29.3 Å². The van der Waals surface area contributed by atoms with E-state index in [0.29, 0.717) is 5.92 Å². The molecule has 0 radical (unpaired) electrons. The van der Waals surface area contributed by atoms with Crippen LogP contribution in [0.2, 0.25) is 0 Å². The van der Waals surface area contributed by atoms with Crippen LogP contribution in [-0.4, -0.2) is 69.9 Å². The van der Waals surface area contributed by atoms with Crippen molar-refractivity contribution in [2.45, 2.75) is 100 Å². The average Bonchev–Trinajstić information content (AvgIpc) is 3.16. The molecular formula is C24H37Cl2NO6. The number of Topliss-reactive ketones (excluding diaryl/α,β-unsaturated/α-hetero) is 1. The SMILES string of the molecule is CCCCCCC(C)C=C(C)C=CC(=O)NC1CC2(OC1OC)C(O)C(Cl)C(=O)C(Cl)C2O. The Kier molecular flexibility index (Phi) is 10.8. The zero-order valence-corrected chi connectivity index (χ0v) is 21.3. The minimum atomic E-state index is -1.63. The number of carbonyl (C=O) groups excluding carboxylic acids is 2. The third-order valence-electron chi connectivity index (χ3n) is 6.42. The van der Waals surface area contributed by atoms with Crippen LogP contribution in [0, 0.1) is 5.92 Å². The molecule has 188 valence electrons. The molecule has 1 aliphatic heterocycles. The van der Waals surface area contributed by atoms with Crippen molar-refractivity contribution in [3.8, 4) is 0 Å². The number of aliphatic hydroxyl groups excluding tert-OH is 2. The molecule has 3 N–H and O–H groups in total. The standard InChI is InChI=1S/C24H37Cl2NO6/c1-5-6-7-8-9-14(2)12-15(3)10-11-17(28)27-16-13-24(33-23(16)32-4)21(30)18(25)20(29)19(26)22(24)31/h10-12,14,16,18-19,21-23,30-31H,5-9,13H2,1-4H3,(H,27,28). The lowest BCUT2D eigenvalue weighted by atomic mass is 9.76. The third kappa shape index (κ3) is 6.80. The van der Waals surface area contributed by atoms with Gasteiger partial charge in [-0.25, -0.2) is 0 Å². The molecule has 0 aromatic carbocycles. The number of aliphatic hydroxyl groups is 2. The summed E-state index contributed by atoms with van der Waals surface area (Å²) < 4.78 is 11.1. The fraction of sp³-hybridized carbons (Fsp3) is 0.750. The molecular weight excluding hydrogens is 469 g/mol. The Bertz CT molecular complexity index is 724. The molecule has 9 heteroatoms. The molecule has 1 saturated heterocycles. The summed E-state index contributed by atoms with van der Waals surface area (Å²) in [6.45, 7) is 6.31. The van der Waals surface area contributed by atoms with E-state index in [1.807, 2.05) is 6.92 Å². The number of ketones is 1. The van der Waals surface area contributed by atoms with E-state index in [0.717, 1.165) is 12.0 Å². The van der Waals surface area contributed by atoms with Gasteiger partial charge in [0.2, 0.25) is 5.91 Å². The van der Waals surface area contributed by atoms with Crippen molar-refractivity contribution >= 4 is 34.9 Å². The molecule has 7 unspecified atom stereocenters. The summed E-state index contributed by atoms with van der Waals surface area (Å²) >= 11 is 12.1. The number of halogens is 2. The Morgan fingerprint density at radius 3 is 2.45 bits per heavy atom. The molecule has 33 heavy (non-hydrogen) atoms. The Balaban J connectivity index is 2.00. The summed E-state index contributed by atoms with van der Waals surface area (Å²) in [5, 5.41) is 21.4. The van der Waals surface area contributed by atoms with Crippen molar-refractivity contribution in [2.24, 2.45) is 5.92 Å². The number of hydrogen-bond donors (Lipinski definition) is 3. The van der Waals surface area contributed by atoms with Gasteiger partial charge in [0.1, 0.15) is 28.6 Å². The number of methoxy groups -OCH3 is 1. The van der Waals surface area contributed by atoms with E-state index in [9.17, 15) is 19.8 Å². The van der Waals surface area contributed by atoms with Crippen LogP contribution < -0.4 is 5.32 Å². The van der Waals surface area contributed by atoms with Gasteiger partial charge in [0.25, 0.3) is 0 Å². The maximum absolute atomic E-state index is 12.5. The second-order valence-corrected chi connectivity index (χ2v) is 10.1. The highest BCUT2D eigenvalue weighted by Crippen LogP contribution is 2.44. The fourth-order valence-corrected chi connectivity index (χ4v) is 5.31. The third-order valence-corrected chi connectivity index (χ3v) is 7.33. The van der Waals surface area contributed by atoms with Gasteiger partial charge in [-0.3, -0.25) is 9.59 Å². The molecule has 1 heterocycles. The summed E-state index contributed by atoms with van der Waals surface area (Å²) in [4.78, 5) is 24.6. The quantitative estimate of drug-likeness (QED) is 0.182. The molecule has 2 rings (SSSR count). The van der Waals surface area contributed by atoms with Crippen molar-refractivity contribution in [3.63, 3.8) is 0 Å². The Hall–Kier alpha value is -0.960. The van der Waals surface area contributed by atoms with Crippen LogP contribution in [0.25, 0.3) is 0 Å². The lowest BCUT2D eigenvalue weighted by Crippen LogP contribution is -2.67. The van der Waals surface area contributed by atoms with Crippen molar-refractivity contribution in [1.29, 1.82) is 0 Å². The minimum Gasteiger partial charge on any atom is -0.388 e. The maximum atomic E-state index is 12.5. The van der Waals surface area contributed by atoms with E-state index in [2.05, 4.69) is 25.2 Å². The number of alkyl halides is 2. The highest BCUT2D eigenvalue weighted by molar-refractivity contribution is 6.41. The van der Waals surface area contributed by atoms with Crippen LogP contribution in [0.5, 0.6) is 0 Å². The number of allylic oxidation sites excluding steroid dienone is 3. The Labute approximate surface area is 206 Å². The molecule has 2 aliphatic rings. The topological polar surface area (TPSA) is 105 Å². The van der Waals surface area contributed by atoms with Gasteiger partial charge in [-0.2, -0.15) is 0 Å². The van der Waals surface area contributed by atoms with E-state index in [1.165, 1.54) is 38.9 Å². The molecule has 1 aliphatic carbocycles. The van der Waals surface area contributed by atoms with Crippen LogP contribution >= 0.6 is 23.2 Å². The Morgan fingerprint density at radius 2 is 1.88 bits per heavy atom. The molecule has 1 saturated carbocycles. The molecule has 7 nitrogen and oxygen atoms in total. The highest BCUT2D eigenvalue weighted by atomic mass is 35.5. The van der Waals surface area contributed by atoms with Gasteiger partial charge < -0.3 is 25.0 Å². The molecule has 7 atom stereocenters. The van der Waals surface area contributed by atoms with Crippen LogP contribution in [0.4, 0.5) is 0 Å². The second-order valence-electron chi connectivity index (χ2n) is 9.16. The van der Waals surface area contributed by atoms with Gasteiger partial charge >= 0.3 is 0 Å². The first-order valence-corrected chi connectivity index (χ1v) is 12.5. The number of amides is 1. The summed E-state index contributed by atoms with van der Waals surface area (Å²) in [7, 11) is 1.39. The van der Waals surface area contributed by atoms with Crippen molar-refractivity contribution in [1.82, 2.24) is 5.32 Å². The van der Waals surface area contributed by atoms with Crippen LogP contribution in [0.1, 0.15) is 59.3 Å². The molecule has 1 spiro atoms. The molecule has 1 amide bonds. The molecule has 0 aromatic heterocycles. The minimum absolute atomic E-state index is 0.0171. The summed E-state index contributed by atoms with van der Waals surface area (Å²) in [6.07, 6.45) is 7.37. The van der Waals surface area contributed by atoms with Crippen molar-refractivity contribution in [3.05, 3.63) is 23.8 Å². The van der Waals surface area contributed by atoms with Crippen LogP contribution in [-0.2, 0) is 19.1 Å². The van der Waals surface area contributed by atoms with Gasteiger partial charge in [-0.15, -0.1) is 23.2 Å². The van der Waals surface area contributed by atoms with Gasteiger partial charge in [0, 0.05) is 19.6 Å². The Morgan fingerprint density at radius 1 is 1.24 bits per heavy atom. The first-order valence-electron chi connectivity index (χ1n) is 11.6.